The summed E-state index contributed by atoms with van der Waals surface area (Å²) in [6.45, 7) is 1.70. The summed E-state index contributed by atoms with van der Waals surface area (Å²) in [6, 6.07) is 8.14. The van der Waals surface area contributed by atoms with Crippen molar-refractivity contribution in [2.75, 3.05) is 6.26 Å². The van der Waals surface area contributed by atoms with Crippen LogP contribution in [-0.2, 0) is 14.6 Å². The zero-order chi connectivity index (χ0) is 21.8. The molecule has 0 aliphatic carbocycles. The van der Waals surface area contributed by atoms with E-state index in [4.69, 9.17) is 5.11 Å². The maximum absolute atomic E-state index is 13.5. The van der Waals surface area contributed by atoms with Crippen LogP contribution >= 0.6 is 0 Å². The van der Waals surface area contributed by atoms with Crippen LogP contribution in [0.15, 0.2) is 53.4 Å². The average molecular weight is 429 g/mol. The number of benzene rings is 2. The molecule has 9 heteroatoms. The molecule has 0 aliphatic rings. The Bertz CT molecular complexity index is 939. The third-order valence-corrected chi connectivity index (χ3v) is 5.56. The molecule has 2 N–H and O–H groups in total. The lowest BCUT2D eigenvalue weighted by atomic mass is 9.99. The molecule has 2 rings (SSSR count). The third kappa shape index (κ3) is 6.04. The zero-order valence-electron chi connectivity index (χ0n) is 15.9. The second-order valence-corrected chi connectivity index (χ2v) is 8.76. The fourth-order valence-electron chi connectivity index (χ4n) is 2.91. The third-order valence-electron chi connectivity index (χ3n) is 4.43. The molecule has 0 bridgehead atoms. The fourth-order valence-corrected chi connectivity index (χ4v) is 3.54. The normalized spacial score (nSPS) is 14.4. The number of hydrogen-bond donors (Lipinski definition) is 2. The Kier molecular flexibility index (Phi) is 7.07. The minimum atomic E-state index is -4.67. The number of nitrogens with one attached hydrogen (secondary N) is 1. The number of hydrogen-bond acceptors (Lipinski definition) is 4. The highest BCUT2D eigenvalue weighted by Crippen LogP contribution is 2.34. The van der Waals surface area contributed by atoms with Gasteiger partial charge in [0.05, 0.1) is 4.90 Å². The number of aliphatic carboxylic acids is 1. The van der Waals surface area contributed by atoms with Crippen molar-refractivity contribution < 1.29 is 31.5 Å². The van der Waals surface area contributed by atoms with E-state index in [1.165, 1.54) is 36.4 Å². The summed E-state index contributed by atoms with van der Waals surface area (Å²) in [7, 11) is -3.34. The van der Waals surface area contributed by atoms with E-state index in [9.17, 15) is 26.4 Å². The molecule has 2 atom stereocenters. The Morgan fingerprint density at radius 3 is 1.90 bits per heavy atom. The molecule has 0 fully saturated rings. The SMILES string of the molecule is CCCC(N[C@@H](c1ccc(-c2ccc(S(C)(=O)=O)cc2)cc1)C(F)(F)F)C(=O)O. The number of sulfone groups is 1. The maximum atomic E-state index is 13.5. The van der Waals surface area contributed by atoms with Gasteiger partial charge >= 0.3 is 12.1 Å². The summed E-state index contributed by atoms with van der Waals surface area (Å²) >= 11 is 0. The molecule has 0 spiro atoms. The van der Waals surface area contributed by atoms with E-state index in [0.717, 1.165) is 6.26 Å². The molecule has 0 aliphatic heterocycles. The Morgan fingerprint density at radius 2 is 1.52 bits per heavy atom. The van der Waals surface area contributed by atoms with E-state index in [1.54, 1.807) is 19.1 Å². The van der Waals surface area contributed by atoms with Crippen molar-refractivity contribution >= 4 is 15.8 Å². The molecule has 0 amide bonds. The Hall–Kier alpha value is -2.39. The second kappa shape index (κ2) is 8.96. The van der Waals surface area contributed by atoms with Gasteiger partial charge in [0.25, 0.3) is 0 Å². The monoisotopic (exact) mass is 429 g/mol. The van der Waals surface area contributed by atoms with E-state index >= 15 is 0 Å². The molecule has 158 valence electrons. The molecule has 5 nitrogen and oxygen atoms in total. The van der Waals surface area contributed by atoms with Crippen LogP contribution < -0.4 is 5.32 Å². The molecule has 0 heterocycles. The van der Waals surface area contributed by atoms with Gasteiger partial charge in [-0.05, 0) is 35.2 Å². The number of carboxylic acids is 1. The first-order valence-corrected chi connectivity index (χ1v) is 10.8. The summed E-state index contributed by atoms with van der Waals surface area (Å²) in [5, 5.41) is 11.4. The smallest absolute Gasteiger partial charge is 0.407 e. The maximum Gasteiger partial charge on any atom is 0.407 e. The van der Waals surface area contributed by atoms with Crippen LogP contribution in [0.25, 0.3) is 11.1 Å². The summed E-state index contributed by atoms with van der Waals surface area (Å²) < 4.78 is 63.7. The van der Waals surface area contributed by atoms with E-state index in [2.05, 4.69) is 5.32 Å². The lowest BCUT2D eigenvalue weighted by Crippen LogP contribution is -2.44. The number of carboxylic acid groups (broad SMARTS) is 1. The van der Waals surface area contributed by atoms with Gasteiger partial charge in [-0.2, -0.15) is 13.2 Å². The predicted octanol–water partition coefficient (Wildman–Crippen LogP) is 4.20. The standard InChI is InChI=1S/C20H22F3NO4S/c1-3-4-17(19(25)26)24-18(20(21,22)23)15-7-5-13(6-8-15)14-9-11-16(12-10-14)29(2,27)28/h5-12,17-18,24H,3-4H2,1-2H3,(H,25,26)/t17?,18-/m0/s1. The summed E-state index contributed by atoms with van der Waals surface area (Å²) in [5.41, 5.74) is 1.16. The number of alkyl halides is 3. The average Bonchev–Trinajstić information content (AvgIpc) is 2.63. The van der Waals surface area contributed by atoms with Crippen LogP contribution in [0.4, 0.5) is 13.2 Å². The molecule has 29 heavy (non-hydrogen) atoms. The highest BCUT2D eigenvalue weighted by molar-refractivity contribution is 7.90. The van der Waals surface area contributed by atoms with Gasteiger partial charge in [0.15, 0.2) is 9.84 Å². The molecular formula is C20H22F3NO4S. The van der Waals surface area contributed by atoms with Gasteiger partial charge in [-0.1, -0.05) is 49.7 Å². The molecular weight excluding hydrogens is 407 g/mol. The largest absolute Gasteiger partial charge is 0.480 e. The van der Waals surface area contributed by atoms with Gasteiger partial charge < -0.3 is 5.11 Å². The quantitative estimate of drug-likeness (QED) is 0.657. The Balaban J connectivity index is 2.30. The van der Waals surface area contributed by atoms with Crippen molar-refractivity contribution in [3.8, 4) is 11.1 Å². The van der Waals surface area contributed by atoms with E-state index < -0.39 is 34.1 Å². The molecule has 2 aromatic rings. The van der Waals surface area contributed by atoms with Crippen LogP contribution in [0.5, 0.6) is 0 Å². The van der Waals surface area contributed by atoms with Crippen LogP contribution in [0, 0.1) is 0 Å². The van der Waals surface area contributed by atoms with Crippen molar-refractivity contribution in [2.24, 2.45) is 0 Å². The molecule has 0 aromatic heterocycles. The summed E-state index contributed by atoms with van der Waals surface area (Å²) in [4.78, 5) is 11.4. The van der Waals surface area contributed by atoms with Gasteiger partial charge in [0.1, 0.15) is 12.1 Å². The Labute approximate surface area is 167 Å². The van der Waals surface area contributed by atoms with Crippen molar-refractivity contribution in [3.63, 3.8) is 0 Å². The van der Waals surface area contributed by atoms with Gasteiger partial charge in [-0.3, -0.25) is 10.1 Å². The first-order valence-electron chi connectivity index (χ1n) is 8.89. The first-order chi connectivity index (χ1) is 13.4. The van der Waals surface area contributed by atoms with Gasteiger partial charge in [-0.15, -0.1) is 0 Å². The van der Waals surface area contributed by atoms with Gasteiger partial charge in [0.2, 0.25) is 0 Å². The second-order valence-electron chi connectivity index (χ2n) is 6.74. The minimum Gasteiger partial charge on any atom is -0.480 e. The van der Waals surface area contributed by atoms with Crippen LogP contribution in [0.2, 0.25) is 0 Å². The van der Waals surface area contributed by atoms with Gasteiger partial charge in [0, 0.05) is 6.26 Å². The minimum absolute atomic E-state index is 0.0761. The Morgan fingerprint density at radius 1 is 1.03 bits per heavy atom. The number of carbonyl (C=O) groups is 1. The molecule has 1 unspecified atom stereocenters. The molecule has 0 saturated carbocycles. The van der Waals surface area contributed by atoms with Crippen molar-refractivity contribution in [1.82, 2.24) is 5.32 Å². The number of halogens is 3. The van der Waals surface area contributed by atoms with Crippen molar-refractivity contribution in [3.05, 3.63) is 54.1 Å². The van der Waals surface area contributed by atoms with Crippen molar-refractivity contribution in [1.29, 1.82) is 0 Å². The van der Waals surface area contributed by atoms with Crippen LogP contribution in [0.1, 0.15) is 31.4 Å². The highest BCUT2D eigenvalue weighted by atomic mass is 32.2. The first kappa shape index (κ1) is 22.9. The molecule has 0 saturated heterocycles. The van der Waals surface area contributed by atoms with Crippen molar-refractivity contribution in [2.45, 2.75) is 42.9 Å². The highest BCUT2D eigenvalue weighted by Gasteiger charge is 2.42. The molecule has 0 radical (unpaired) electrons. The predicted molar refractivity (Wildman–Crippen MR) is 103 cm³/mol. The van der Waals surface area contributed by atoms with Crippen LogP contribution in [0.3, 0.4) is 0 Å². The zero-order valence-corrected chi connectivity index (χ0v) is 16.7. The number of rotatable bonds is 8. The van der Waals surface area contributed by atoms with Gasteiger partial charge in [-0.25, -0.2) is 8.42 Å². The van der Waals surface area contributed by atoms with E-state index in [0.29, 0.717) is 17.5 Å². The van der Waals surface area contributed by atoms with E-state index in [1.807, 2.05) is 0 Å². The van der Waals surface area contributed by atoms with Crippen LogP contribution in [-0.4, -0.2) is 38.0 Å². The topological polar surface area (TPSA) is 83.5 Å². The fraction of sp³-hybridized carbons (Fsp3) is 0.350. The summed E-state index contributed by atoms with van der Waals surface area (Å²) in [6.07, 6.45) is -3.08. The summed E-state index contributed by atoms with van der Waals surface area (Å²) in [5.74, 6) is -1.33. The molecule has 2 aromatic carbocycles. The lowest BCUT2D eigenvalue weighted by Gasteiger charge is -2.26. The van der Waals surface area contributed by atoms with E-state index in [-0.39, 0.29) is 16.9 Å². The lowest BCUT2D eigenvalue weighted by molar-refractivity contribution is -0.163.